The molecule has 0 radical (unpaired) electrons. The summed E-state index contributed by atoms with van der Waals surface area (Å²) in [6.07, 6.45) is 4.23. The summed E-state index contributed by atoms with van der Waals surface area (Å²) >= 11 is 0. The van der Waals surface area contributed by atoms with Crippen molar-refractivity contribution in [1.29, 1.82) is 0 Å². The number of carbonyl (C=O) groups excluding carboxylic acids is 1. The number of ether oxygens (including phenoxy) is 1. The van der Waals surface area contributed by atoms with E-state index in [4.69, 9.17) is 4.74 Å². The molecule has 0 bridgehead atoms. The van der Waals surface area contributed by atoms with E-state index in [-0.39, 0.29) is 11.7 Å². The second-order valence-electron chi connectivity index (χ2n) is 8.06. The van der Waals surface area contributed by atoms with Gasteiger partial charge in [0.15, 0.2) is 11.6 Å². The van der Waals surface area contributed by atoms with E-state index in [2.05, 4.69) is 34.3 Å². The summed E-state index contributed by atoms with van der Waals surface area (Å²) in [6.45, 7) is 2.59. The van der Waals surface area contributed by atoms with Crippen molar-refractivity contribution < 1.29 is 13.9 Å². The van der Waals surface area contributed by atoms with Crippen molar-refractivity contribution in [2.45, 2.75) is 25.3 Å². The van der Waals surface area contributed by atoms with Gasteiger partial charge in [0.1, 0.15) is 0 Å². The van der Waals surface area contributed by atoms with Gasteiger partial charge in [-0.25, -0.2) is 4.39 Å². The molecular weight excluding hydrogens is 381 g/mol. The van der Waals surface area contributed by atoms with E-state index >= 15 is 0 Å². The third-order valence-electron chi connectivity index (χ3n) is 6.07. The molecule has 158 valence electrons. The molecule has 1 aliphatic heterocycles. The number of H-pyrrole nitrogens is 1. The molecule has 1 saturated heterocycles. The number of para-hydroxylation sites is 1. The standard InChI is InChI=1S/C24H28FN3O2/c1-27(15-17-7-8-23(30-2)21(25)13-17)24(29)16-28-11-9-18(10-12-28)20-14-26-22-6-4-3-5-19(20)22/h3-8,13-14,18,26H,9-12,15-16H2,1-2H3. The molecule has 3 aromatic rings. The van der Waals surface area contributed by atoms with Gasteiger partial charge in [-0.3, -0.25) is 9.69 Å². The number of halogens is 1. The molecule has 1 N–H and O–H groups in total. The topological polar surface area (TPSA) is 48.6 Å². The Balaban J connectivity index is 1.30. The second-order valence-corrected chi connectivity index (χ2v) is 8.06. The van der Waals surface area contributed by atoms with Crippen molar-refractivity contribution in [3.63, 3.8) is 0 Å². The first-order valence-corrected chi connectivity index (χ1v) is 10.4. The number of likely N-dealkylation sites (N-methyl/N-ethyl adjacent to an activating group) is 1. The average molecular weight is 410 g/mol. The molecule has 6 heteroatoms. The fourth-order valence-electron chi connectivity index (χ4n) is 4.32. The van der Waals surface area contributed by atoms with E-state index in [1.165, 1.54) is 29.6 Å². The van der Waals surface area contributed by atoms with Crippen LogP contribution in [0.25, 0.3) is 10.9 Å². The van der Waals surface area contributed by atoms with Crippen LogP contribution < -0.4 is 4.74 Å². The van der Waals surface area contributed by atoms with Gasteiger partial charge in [-0.1, -0.05) is 24.3 Å². The van der Waals surface area contributed by atoms with Crippen LogP contribution in [0.5, 0.6) is 5.75 Å². The number of rotatable bonds is 6. The van der Waals surface area contributed by atoms with Gasteiger partial charge in [0, 0.05) is 30.7 Å². The Hall–Kier alpha value is -2.86. The van der Waals surface area contributed by atoms with Crippen LogP contribution in [0.15, 0.2) is 48.7 Å². The molecule has 0 unspecified atom stereocenters. The highest BCUT2D eigenvalue weighted by Gasteiger charge is 2.24. The van der Waals surface area contributed by atoms with Gasteiger partial charge in [-0.2, -0.15) is 0 Å². The smallest absolute Gasteiger partial charge is 0.236 e. The van der Waals surface area contributed by atoms with E-state index in [1.54, 1.807) is 24.1 Å². The maximum atomic E-state index is 13.9. The average Bonchev–Trinajstić information content (AvgIpc) is 3.18. The highest BCUT2D eigenvalue weighted by Crippen LogP contribution is 2.33. The number of nitrogens with one attached hydrogen (secondary N) is 1. The number of amides is 1. The van der Waals surface area contributed by atoms with E-state index in [1.807, 2.05) is 6.07 Å². The van der Waals surface area contributed by atoms with Crippen LogP contribution in [-0.2, 0) is 11.3 Å². The van der Waals surface area contributed by atoms with Crippen LogP contribution in [0.2, 0.25) is 0 Å². The van der Waals surface area contributed by atoms with Crippen LogP contribution >= 0.6 is 0 Å². The molecule has 0 aliphatic carbocycles. The third-order valence-corrected chi connectivity index (χ3v) is 6.07. The first-order chi connectivity index (χ1) is 14.5. The molecule has 1 amide bonds. The molecule has 0 atom stereocenters. The lowest BCUT2D eigenvalue weighted by atomic mass is 9.89. The number of aromatic amines is 1. The Morgan fingerprint density at radius 1 is 1.23 bits per heavy atom. The van der Waals surface area contributed by atoms with Crippen LogP contribution in [0.4, 0.5) is 4.39 Å². The minimum atomic E-state index is -0.407. The van der Waals surface area contributed by atoms with Crippen LogP contribution in [-0.4, -0.2) is 54.5 Å². The molecule has 30 heavy (non-hydrogen) atoms. The Bertz CT molecular complexity index is 1020. The molecule has 1 fully saturated rings. The van der Waals surface area contributed by atoms with Crippen molar-refractivity contribution in [3.05, 3.63) is 65.6 Å². The quantitative estimate of drug-likeness (QED) is 0.665. The zero-order chi connectivity index (χ0) is 21.1. The number of methoxy groups -OCH3 is 1. The molecule has 2 heterocycles. The summed E-state index contributed by atoms with van der Waals surface area (Å²) in [7, 11) is 3.21. The van der Waals surface area contributed by atoms with Gasteiger partial charge in [0.2, 0.25) is 5.91 Å². The van der Waals surface area contributed by atoms with E-state index in [0.29, 0.717) is 19.0 Å². The number of fused-ring (bicyclic) bond motifs is 1. The van der Waals surface area contributed by atoms with Gasteiger partial charge < -0.3 is 14.6 Å². The Labute approximate surface area is 176 Å². The Kier molecular flexibility index (Phi) is 6.04. The zero-order valence-electron chi connectivity index (χ0n) is 17.5. The van der Waals surface area contributed by atoms with Crippen molar-refractivity contribution in [3.8, 4) is 5.75 Å². The largest absolute Gasteiger partial charge is 0.494 e. The van der Waals surface area contributed by atoms with Gasteiger partial charge in [0.25, 0.3) is 0 Å². The van der Waals surface area contributed by atoms with E-state index < -0.39 is 5.82 Å². The Morgan fingerprint density at radius 3 is 2.73 bits per heavy atom. The number of benzene rings is 2. The molecular formula is C24H28FN3O2. The minimum absolute atomic E-state index is 0.0526. The molecule has 0 saturated carbocycles. The van der Waals surface area contributed by atoms with E-state index in [9.17, 15) is 9.18 Å². The predicted octanol–water partition coefficient (Wildman–Crippen LogP) is 4.15. The monoisotopic (exact) mass is 409 g/mol. The van der Waals surface area contributed by atoms with Gasteiger partial charge in [0.05, 0.1) is 13.7 Å². The normalized spacial score (nSPS) is 15.4. The lowest BCUT2D eigenvalue weighted by molar-refractivity contribution is -0.131. The minimum Gasteiger partial charge on any atom is -0.494 e. The maximum Gasteiger partial charge on any atom is 0.236 e. The lowest BCUT2D eigenvalue weighted by Crippen LogP contribution is -2.41. The highest BCUT2D eigenvalue weighted by atomic mass is 19.1. The van der Waals surface area contributed by atoms with Gasteiger partial charge in [-0.15, -0.1) is 0 Å². The van der Waals surface area contributed by atoms with Crippen molar-refractivity contribution in [1.82, 2.24) is 14.8 Å². The number of likely N-dealkylation sites (tertiary alicyclic amines) is 1. The number of carbonyl (C=O) groups is 1. The zero-order valence-corrected chi connectivity index (χ0v) is 17.5. The summed E-state index contributed by atoms with van der Waals surface area (Å²) in [5.41, 5.74) is 3.32. The fourth-order valence-corrected chi connectivity index (χ4v) is 4.32. The first kappa shape index (κ1) is 20.4. The molecule has 4 rings (SSSR count). The SMILES string of the molecule is COc1ccc(CN(C)C(=O)CN2CCC(c3c[nH]c4ccccc34)CC2)cc1F. The van der Waals surface area contributed by atoms with Gasteiger partial charge >= 0.3 is 0 Å². The molecule has 0 spiro atoms. The summed E-state index contributed by atoms with van der Waals surface area (Å²) < 4.78 is 18.8. The summed E-state index contributed by atoms with van der Waals surface area (Å²) in [6, 6.07) is 13.2. The summed E-state index contributed by atoms with van der Waals surface area (Å²) in [4.78, 5) is 19.9. The number of piperidine rings is 1. The summed E-state index contributed by atoms with van der Waals surface area (Å²) in [5, 5.41) is 1.30. The predicted molar refractivity (Wildman–Crippen MR) is 116 cm³/mol. The van der Waals surface area contributed by atoms with Crippen molar-refractivity contribution in [2.75, 3.05) is 33.8 Å². The Morgan fingerprint density at radius 2 is 2.00 bits per heavy atom. The van der Waals surface area contributed by atoms with Crippen LogP contribution in [0.1, 0.15) is 29.9 Å². The van der Waals surface area contributed by atoms with E-state index in [0.717, 1.165) is 31.5 Å². The van der Waals surface area contributed by atoms with Crippen molar-refractivity contribution in [2.24, 2.45) is 0 Å². The molecule has 1 aliphatic rings. The molecule has 2 aromatic carbocycles. The van der Waals surface area contributed by atoms with Gasteiger partial charge in [-0.05, 0) is 61.2 Å². The van der Waals surface area contributed by atoms with Crippen LogP contribution in [0.3, 0.4) is 0 Å². The number of hydrogen-bond donors (Lipinski definition) is 1. The number of nitrogens with zero attached hydrogens (tertiary/aromatic N) is 2. The summed E-state index contributed by atoms with van der Waals surface area (Å²) in [5.74, 6) is 0.380. The second kappa shape index (κ2) is 8.88. The number of hydrogen-bond acceptors (Lipinski definition) is 3. The van der Waals surface area contributed by atoms with Crippen LogP contribution in [0, 0.1) is 5.82 Å². The fraction of sp³-hybridized carbons (Fsp3) is 0.375. The molecule has 1 aromatic heterocycles. The third kappa shape index (κ3) is 4.33. The highest BCUT2D eigenvalue weighted by molar-refractivity contribution is 5.83. The maximum absolute atomic E-state index is 13.9. The number of aromatic nitrogens is 1. The first-order valence-electron chi connectivity index (χ1n) is 10.4. The molecule has 5 nitrogen and oxygen atoms in total. The lowest BCUT2D eigenvalue weighted by Gasteiger charge is -2.32. The van der Waals surface area contributed by atoms with Crippen molar-refractivity contribution >= 4 is 16.8 Å².